The molecule has 13 heavy (non-hydrogen) atoms. The Hall–Kier alpha value is -0.420. The van der Waals surface area contributed by atoms with Crippen LogP contribution in [0.4, 0.5) is 0 Å². The van der Waals surface area contributed by atoms with Gasteiger partial charge in [-0.3, -0.25) is 4.79 Å². The topological polar surface area (TPSA) is 17.1 Å². The molecule has 3 heteroatoms. The average Bonchev–Trinajstić information content (AvgIpc) is 2.40. The molecule has 2 rings (SSSR count). The molecule has 0 saturated heterocycles. The molecular weight excluding hydrogens is 295 g/mol. The van der Waals surface area contributed by atoms with Gasteiger partial charge in [-0.2, -0.15) is 0 Å². The first-order valence-electron chi connectivity index (χ1n) is 3.86. The average molecular weight is 302 g/mol. The van der Waals surface area contributed by atoms with Gasteiger partial charge in [0.05, 0.1) is 2.88 Å². The first-order valence-corrected chi connectivity index (χ1v) is 5.75. The number of aryl methyl sites for hydroxylation is 1. The molecule has 1 aromatic heterocycles. The van der Waals surface area contributed by atoms with E-state index in [0.29, 0.717) is 0 Å². The third-order valence-electron chi connectivity index (χ3n) is 1.95. The van der Waals surface area contributed by atoms with Crippen LogP contribution in [-0.2, 0) is 0 Å². The highest BCUT2D eigenvalue weighted by Gasteiger charge is 2.08. The summed E-state index contributed by atoms with van der Waals surface area (Å²) in [4.78, 5) is 10.8. The van der Waals surface area contributed by atoms with Crippen LogP contribution in [0.25, 0.3) is 10.1 Å². The lowest BCUT2D eigenvalue weighted by Crippen LogP contribution is -1.79. The molecule has 1 nitrogen and oxygen atoms in total. The Bertz CT molecular complexity index is 473. The monoisotopic (exact) mass is 302 g/mol. The predicted octanol–water partition coefficient (Wildman–Crippen LogP) is 3.63. The highest BCUT2D eigenvalue weighted by atomic mass is 127. The molecule has 0 saturated carbocycles. The van der Waals surface area contributed by atoms with E-state index in [1.165, 1.54) is 10.3 Å². The maximum atomic E-state index is 10.8. The second-order valence-corrected chi connectivity index (χ2v) is 5.77. The van der Waals surface area contributed by atoms with Gasteiger partial charge in [0.2, 0.25) is 0 Å². The lowest BCUT2D eigenvalue weighted by molar-refractivity contribution is 0.112. The van der Waals surface area contributed by atoms with Gasteiger partial charge in [-0.1, -0.05) is 11.6 Å². The van der Waals surface area contributed by atoms with Gasteiger partial charge >= 0.3 is 0 Å². The number of hydrogen-bond donors (Lipinski definition) is 0. The van der Waals surface area contributed by atoms with Crippen molar-refractivity contribution in [2.45, 2.75) is 6.92 Å². The summed E-state index contributed by atoms with van der Waals surface area (Å²) >= 11 is 3.88. The summed E-state index contributed by atoms with van der Waals surface area (Å²) < 4.78 is 2.27. The van der Waals surface area contributed by atoms with Crippen molar-refractivity contribution in [3.8, 4) is 0 Å². The summed E-state index contributed by atoms with van der Waals surface area (Å²) in [5.41, 5.74) is 2.04. The Balaban J connectivity index is 2.88. The molecule has 1 heterocycles. The van der Waals surface area contributed by atoms with Crippen molar-refractivity contribution in [1.82, 2.24) is 0 Å². The number of aldehydes is 1. The minimum Gasteiger partial charge on any atom is -0.298 e. The number of carbonyl (C=O) groups is 1. The summed E-state index contributed by atoms with van der Waals surface area (Å²) in [6.07, 6.45) is 0.944. The van der Waals surface area contributed by atoms with Crippen LogP contribution in [0, 0.1) is 9.81 Å². The fourth-order valence-electron chi connectivity index (χ4n) is 1.31. The molecule has 0 aliphatic rings. The number of halogens is 1. The van der Waals surface area contributed by atoms with E-state index in [0.717, 1.165) is 20.1 Å². The molecule has 0 N–H and O–H groups in total. The number of hydrogen-bond acceptors (Lipinski definition) is 2. The Morgan fingerprint density at radius 2 is 2.23 bits per heavy atom. The second-order valence-electron chi connectivity index (χ2n) is 2.91. The standard InChI is InChI=1S/C10H7IOS/c1-6-2-3-9-7(4-6)8(5-12)10(11)13-9/h2-5H,1H3. The van der Waals surface area contributed by atoms with Crippen LogP contribution >= 0.6 is 33.9 Å². The number of fused-ring (bicyclic) bond motifs is 1. The molecule has 1 aromatic carbocycles. The van der Waals surface area contributed by atoms with Gasteiger partial charge in [-0.15, -0.1) is 11.3 Å². The molecule has 66 valence electrons. The summed E-state index contributed by atoms with van der Waals surface area (Å²) in [7, 11) is 0. The zero-order valence-corrected chi connectivity index (χ0v) is 9.98. The van der Waals surface area contributed by atoms with E-state index >= 15 is 0 Å². The number of benzene rings is 1. The fraction of sp³-hybridized carbons (Fsp3) is 0.100. The molecule has 0 atom stereocenters. The van der Waals surface area contributed by atoms with Crippen LogP contribution in [0.3, 0.4) is 0 Å². The first kappa shape index (κ1) is 9.15. The Kier molecular flexibility index (Phi) is 2.38. The van der Waals surface area contributed by atoms with Crippen molar-refractivity contribution in [1.29, 1.82) is 0 Å². The minimum absolute atomic E-state index is 0.837. The van der Waals surface area contributed by atoms with E-state index in [1.54, 1.807) is 11.3 Å². The van der Waals surface area contributed by atoms with Gasteiger partial charge in [0.25, 0.3) is 0 Å². The molecule has 0 aliphatic carbocycles. The lowest BCUT2D eigenvalue weighted by atomic mass is 10.1. The molecule has 0 radical (unpaired) electrons. The van der Waals surface area contributed by atoms with Crippen molar-refractivity contribution in [3.63, 3.8) is 0 Å². The summed E-state index contributed by atoms with van der Waals surface area (Å²) in [5.74, 6) is 0. The van der Waals surface area contributed by atoms with E-state index in [-0.39, 0.29) is 0 Å². The Morgan fingerprint density at radius 3 is 2.92 bits per heavy atom. The molecular formula is C10H7IOS. The SMILES string of the molecule is Cc1ccc2sc(I)c(C=O)c2c1. The maximum Gasteiger partial charge on any atom is 0.152 e. The molecule has 0 spiro atoms. The van der Waals surface area contributed by atoms with Gasteiger partial charge < -0.3 is 0 Å². The van der Waals surface area contributed by atoms with Crippen molar-refractivity contribution < 1.29 is 4.79 Å². The highest BCUT2D eigenvalue weighted by Crippen LogP contribution is 2.31. The van der Waals surface area contributed by atoms with Crippen LogP contribution in [-0.4, -0.2) is 6.29 Å². The quantitative estimate of drug-likeness (QED) is 0.581. The van der Waals surface area contributed by atoms with Gasteiger partial charge in [0.1, 0.15) is 0 Å². The van der Waals surface area contributed by atoms with Crippen molar-refractivity contribution in [2.75, 3.05) is 0 Å². The fourth-order valence-corrected chi connectivity index (χ4v) is 3.32. The third-order valence-corrected chi connectivity index (χ3v) is 4.17. The van der Waals surface area contributed by atoms with Crippen molar-refractivity contribution >= 4 is 50.3 Å². The van der Waals surface area contributed by atoms with E-state index in [4.69, 9.17) is 0 Å². The summed E-state index contributed by atoms with van der Waals surface area (Å²) in [6.45, 7) is 2.04. The summed E-state index contributed by atoms with van der Waals surface area (Å²) in [6, 6.07) is 6.21. The first-order chi connectivity index (χ1) is 6.22. The largest absolute Gasteiger partial charge is 0.298 e. The van der Waals surface area contributed by atoms with Crippen LogP contribution in [0.15, 0.2) is 18.2 Å². The van der Waals surface area contributed by atoms with E-state index in [1.807, 2.05) is 6.92 Å². The Labute approximate surface area is 93.9 Å². The molecule has 0 bridgehead atoms. The van der Waals surface area contributed by atoms with Crippen molar-refractivity contribution in [2.24, 2.45) is 0 Å². The second kappa shape index (κ2) is 3.38. The maximum absolute atomic E-state index is 10.8. The van der Waals surface area contributed by atoms with Crippen LogP contribution in [0.2, 0.25) is 0 Å². The molecule has 0 fully saturated rings. The smallest absolute Gasteiger partial charge is 0.152 e. The number of carbonyl (C=O) groups excluding carboxylic acids is 1. The van der Waals surface area contributed by atoms with Gasteiger partial charge in [0.15, 0.2) is 6.29 Å². The van der Waals surface area contributed by atoms with E-state index in [2.05, 4.69) is 40.8 Å². The van der Waals surface area contributed by atoms with Gasteiger partial charge in [-0.05, 0) is 41.6 Å². The van der Waals surface area contributed by atoms with Crippen molar-refractivity contribution in [3.05, 3.63) is 32.2 Å². The van der Waals surface area contributed by atoms with Crippen LogP contribution < -0.4 is 0 Å². The van der Waals surface area contributed by atoms with Gasteiger partial charge in [0, 0.05) is 15.6 Å². The lowest BCUT2D eigenvalue weighted by Gasteiger charge is -1.92. The molecule has 0 amide bonds. The number of thiophene rings is 1. The minimum atomic E-state index is 0.837. The third kappa shape index (κ3) is 1.50. The van der Waals surface area contributed by atoms with E-state index < -0.39 is 0 Å². The zero-order valence-electron chi connectivity index (χ0n) is 7.00. The zero-order chi connectivity index (χ0) is 9.42. The Morgan fingerprint density at radius 1 is 1.46 bits per heavy atom. The normalized spacial score (nSPS) is 10.6. The number of rotatable bonds is 1. The predicted molar refractivity (Wildman–Crippen MR) is 64.7 cm³/mol. The van der Waals surface area contributed by atoms with E-state index in [9.17, 15) is 4.79 Å². The van der Waals surface area contributed by atoms with Crippen LogP contribution in [0.5, 0.6) is 0 Å². The van der Waals surface area contributed by atoms with Gasteiger partial charge in [-0.25, -0.2) is 0 Å². The molecule has 0 aliphatic heterocycles. The highest BCUT2D eigenvalue weighted by molar-refractivity contribution is 14.1. The van der Waals surface area contributed by atoms with Crippen LogP contribution in [0.1, 0.15) is 15.9 Å². The molecule has 2 aromatic rings. The summed E-state index contributed by atoms with van der Waals surface area (Å²) in [5, 5.41) is 1.09. The molecule has 0 unspecified atom stereocenters.